The summed E-state index contributed by atoms with van der Waals surface area (Å²) in [6, 6.07) is 13.5. The van der Waals surface area contributed by atoms with Gasteiger partial charge < -0.3 is 4.90 Å². The number of nitrogens with one attached hydrogen (secondary N) is 1. The van der Waals surface area contributed by atoms with Gasteiger partial charge in [-0.2, -0.15) is 10.4 Å². The Labute approximate surface area is 181 Å². The zero-order chi connectivity index (χ0) is 21.4. The van der Waals surface area contributed by atoms with E-state index < -0.39 is 0 Å². The molecule has 30 heavy (non-hydrogen) atoms. The number of aryl methyl sites for hydroxylation is 2. The molecule has 6 heteroatoms. The van der Waals surface area contributed by atoms with Crippen LogP contribution in [0.25, 0.3) is 11.1 Å². The molecule has 1 N–H and O–H groups in total. The Morgan fingerprint density at radius 2 is 2.07 bits per heavy atom. The first-order chi connectivity index (χ1) is 14.4. The number of H-pyrrole nitrogens is 1. The Morgan fingerprint density at radius 3 is 2.77 bits per heavy atom. The van der Waals surface area contributed by atoms with Crippen LogP contribution in [-0.2, 0) is 17.6 Å². The lowest BCUT2D eigenvalue weighted by molar-refractivity contribution is -0.133. The second kappa shape index (κ2) is 7.97. The van der Waals surface area contributed by atoms with Gasteiger partial charge >= 0.3 is 0 Å². The SMILES string of the molecule is Cc1n[nH]c(C)c1-c1cccc2c1CCN(C(=O)Cc1c(Cl)cccc1C#N)[C@H]2C. The number of benzene rings is 2. The van der Waals surface area contributed by atoms with E-state index in [2.05, 4.69) is 35.3 Å². The Hall–Kier alpha value is -3.10. The maximum atomic E-state index is 13.2. The molecule has 1 amide bonds. The molecule has 2 heterocycles. The molecule has 4 rings (SSSR count). The van der Waals surface area contributed by atoms with Crippen molar-refractivity contribution >= 4 is 17.5 Å². The molecular weight excluding hydrogens is 396 g/mol. The summed E-state index contributed by atoms with van der Waals surface area (Å²) in [5, 5.41) is 17.2. The Bertz CT molecular complexity index is 1150. The van der Waals surface area contributed by atoms with Gasteiger partial charge in [0.05, 0.1) is 29.8 Å². The number of halogens is 1. The first-order valence-corrected chi connectivity index (χ1v) is 10.4. The number of carbonyl (C=O) groups excluding carboxylic acids is 1. The minimum absolute atomic E-state index is 0.0150. The number of hydrogen-bond donors (Lipinski definition) is 1. The molecule has 5 nitrogen and oxygen atoms in total. The van der Waals surface area contributed by atoms with Crippen LogP contribution in [0.2, 0.25) is 5.02 Å². The van der Waals surface area contributed by atoms with E-state index in [1.54, 1.807) is 18.2 Å². The normalized spacial score (nSPS) is 15.6. The summed E-state index contributed by atoms with van der Waals surface area (Å²) in [6.07, 6.45) is 0.904. The van der Waals surface area contributed by atoms with E-state index in [0.29, 0.717) is 22.7 Å². The minimum Gasteiger partial charge on any atom is -0.335 e. The summed E-state index contributed by atoms with van der Waals surface area (Å²) in [5.41, 5.74) is 7.85. The standard InChI is InChI=1S/C24H23ClN4O/c1-14-24(15(2)28-27-14)20-8-5-7-18-16(3)29(11-10-19(18)20)23(30)12-21-17(13-26)6-4-9-22(21)25/h4-9,16H,10-12H2,1-3H3,(H,27,28)/t16-/m0/s1. The van der Waals surface area contributed by atoms with E-state index in [1.165, 1.54) is 11.1 Å². The summed E-state index contributed by atoms with van der Waals surface area (Å²) < 4.78 is 0. The maximum absolute atomic E-state index is 13.2. The van der Waals surface area contributed by atoms with Gasteiger partial charge in [0.1, 0.15) is 0 Å². The average Bonchev–Trinajstić information content (AvgIpc) is 3.07. The van der Waals surface area contributed by atoms with E-state index in [-0.39, 0.29) is 18.4 Å². The number of nitriles is 1. The van der Waals surface area contributed by atoms with Gasteiger partial charge in [-0.1, -0.05) is 35.9 Å². The third-order valence-corrected chi connectivity index (χ3v) is 6.37. The highest BCUT2D eigenvalue weighted by molar-refractivity contribution is 6.31. The van der Waals surface area contributed by atoms with Gasteiger partial charge in [-0.05, 0) is 61.6 Å². The summed E-state index contributed by atoms with van der Waals surface area (Å²) in [4.78, 5) is 15.1. The van der Waals surface area contributed by atoms with E-state index in [9.17, 15) is 10.1 Å². The molecule has 2 aromatic carbocycles. The number of hydrogen-bond acceptors (Lipinski definition) is 3. The van der Waals surface area contributed by atoms with Gasteiger partial charge in [0.15, 0.2) is 0 Å². The second-order valence-electron chi connectivity index (χ2n) is 7.75. The van der Waals surface area contributed by atoms with Crippen molar-refractivity contribution in [2.75, 3.05) is 6.54 Å². The molecule has 3 aromatic rings. The topological polar surface area (TPSA) is 72.8 Å². The van der Waals surface area contributed by atoms with Crippen molar-refractivity contribution in [2.45, 2.75) is 39.7 Å². The fourth-order valence-corrected chi connectivity index (χ4v) is 4.73. The van der Waals surface area contributed by atoms with Gasteiger partial charge in [-0.25, -0.2) is 0 Å². The average molecular weight is 419 g/mol. The quantitative estimate of drug-likeness (QED) is 0.656. The number of rotatable bonds is 3. The van der Waals surface area contributed by atoms with E-state index in [0.717, 1.165) is 28.9 Å². The van der Waals surface area contributed by atoms with Crippen molar-refractivity contribution in [3.8, 4) is 17.2 Å². The van der Waals surface area contributed by atoms with Gasteiger partial charge in [0.25, 0.3) is 0 Å². The summed E-state index contributed by atoms with van der Waals surface area (Å²) in [7, 11) is 0. The van der Waals surface area contributed by atoms with Crippen LogP contribution in [0.5, 0.6) is 0 Å². The van der Waals surface area contributed by atoms with Crippen molar-refractivity contribution in [2.24, 2.45) is 0 Å². The van der Waals surface area contributed by atoms with E-state index in [1.807, 2.05) is 24.8 Å². The zero-order valence-corrected chi connectivity index (χ0v) is 18.0. The van der Waals surface area contributed by atoms with Gasteiger partial charge in [-0.15, -0.1) is 0 Å². The number of carbonyl (C=O) groups is 1. The maximum Gasteiger partial charge on any atom is 0.227 e. The molecule has 1 aliphatic heterocycles. The largest absolute Gasteiger partial charge is 0.335 e. The van der Waals surface area contributed by atoms with E-state index >= 15 is 0 Å². The van der Waals surface area contributed by atoms with Gasteiger partial charge in [-0.3, -0.25) is 9.89 Å². The Kier molecular flexibility index (Phi) is 5.36. The third kappa shape index (κ3) is 3.38. The van der Waals surface area contributed by atoms with Gasteiger partial charge in [0.2, 0.25) is 5.91 Å². The number of aromatic amines is 1. The molecule has 152 valence electrons. The highest BCUT2D eigenvalue weighted by Crippen LogP contribution is 2.38. The first-order valence-electron chi connectivity index (χ1n) is 10.0. The number of nitrogens with zero attached hydrogens (tertiary/aromatic N) is 3. The van der Waals surface area contributed by atoms with Crippen LogP contribution in [0, 0.1) is 25.2 Å². The zero-order valence-electron chi connectivity index (χ0n) is 17.3. The molecule has 0 radical (unpaired) electrons. The number of aromatic nitrogens is 2. The fourth-order valence-electron chi connectivity index (χ4n) is 4.49. The van der Waals surface area contributed by atoms with Crippen LogP contribution in [0.4, 0.5) is 0 Å². The molecule has 1 aliphatic rings. The van der Waals surface area contributed by atoms with Crippen molar-refractivity contribution in [3.05, 3.63) is 75.1 Å². The summed E-state index contributed by atoms with van der Waals surface area (Å²) in [6.45, 7) is 6.74. The van der Waals surface area contributed by atoms with Crippen molar-refractivity contribution in [1.29, 1.82) is 5.26 Å². The van der Waals surface area contributed by atoms with Crippen LogP contribution in [0.3, 0.4) is 0 Å². The smallest absolute Gasteiger partial charge is 0.227 e. The molecule has 0 spiro atoms. The predicted molar refractivity (Wildman–Crippen MR) is 117 cm³/mol. The van der Waals surface area contributed by atoms with Crippen LogP contribution >= 0.6 is 11.6 Å². The van der Waals surface area contributed by atoms with Crippen LogP contribution in [0.15, 0.2) is 36.4 Å². The van der Waals surface area contributed by atoms with Crippen molar-refractivity contribution < 1.29 is 4.79 Å². The van der Waals surface area contributed by atoms with Crippen molar-refractivity contribution in [3.63, 3.8) is 0 Å². The lowest BCUT2D eigenvalue weighted by Gasteiger charge is -2.36. The Balaban J connectivity index is 1.65. The molecule has 0 aliphatic carbocycles. The van der Waals surface area contributed by atoms with Crippen LogP contribution in [0.1, 0.15) is 46.6 Å². The third-order valence-electron chi connectivity index (χ3n) is 6.02. The molecular formula is C24H23ClN4O. The molecule has 1 atom stereocenters. The summed E-state index contributed by atoms with van der Waals surface area (Å²) >= 11 is 6.29. The Morgan fingerprint density at radius 1 is 1.30 bits per heavy atom. The molecule has 0 fully saturated rings. The van der Waals surface area contributed by atoms with Crippen LogP contribution in [-0.4, -0.2) is 27.5 Å². The lowest BCUT2D eigenvalue weighted by Crippen LogP contribution is -2.40. The first kappa shape index (κ1) is 20.2. The van der Waals surface area contributed by atoms with Gasteiger partial charge in [0, 0.05) is 22.8 Å². The number of amides is 1. The summed E-state index contributed by atoms with van der Waals surface area (Å²) in [5.74, 6) is -0.0150. The van der Waals surface area contributed by atoms with Crippen molar-refractivity contribution in [1.82, 2.24) is 15.1 Å². The monoisotopic (exact) mass is 418 g/mol. The highest BCUT2D eigenvalue weighted by atomic mass is 35.5. The van der Waals surface area contributed by atoms with Crippen LogP contribution < -0.4 is 0 Å². The lowest BCUT2D eigenvalue weighted by atomic mass is 9.86. The predicted octanol–water partition coefficient (Wildman–Crippen LogP) is 4.91. The molecule has 0 saturated carbocycles. The molecule has 0 unspecified atom stereocenters. The minimum atomic E-state index is -0.0539. The fraction of sp³-hybridized carbons (Fsp3) is 0.292. The molecule has 0 bridgehead atoms. The van der Waals surface area contributed by atoms with E-state index in [4.69, 9.17) is 11.6 Å². The molecule has 1 aromatic heterocycles. The molecule has 0 saturated heterocycles. The number of fused-ring (bicyclic) bond motifs is 1. The highest BCUT2D eigenvalue weighted by Gasteiger charge is 2.30. The second-order valence-corrected chi connectivity index (χ2v) is 8.16.